The Hall–Kier alpha value is -0.870. The summed E-state index contributed by atoms with van der Waals surface area (Å²) < 4.78 is 1.79. The van der Waals surface area contributed by atoms with Gasteiger partial charge in [0.1, 0.15) is 0 Å². The topological polar surface area (TPSA) is 58.3 Å². The van der Waals surface area contributed by atoms with E-state index in [1.54, 1.807) is 10.9 Å². The Morgan fingerprint density at radius 3 is 2.53 bits per heavy atom. The second-order valence-corrected chi connectivity index (χ2v) is 3.91. The molecule has 0 aromatic carbocycles. The van der Waals surface area contributed by atoms with Crippen LogP contribution in [0.5, 0.6) is 0 Å². The van der Waals surface area contributed by atoms with Crippen LogP contribution in [0, 0.1) is 0 Å². The third-order valence-corrected chi connectivity index (χ3v) is 2.65. The highest BCUT2D eigenvalue weighted by Gasteiger charge is 2.15. The van der Waals surface area contributed by atoms with Crippen LogP contribution in [0.4, 0.5) is 0 Å². The fourth-order valence-corrected chi connectivity index (χ4v) is 1.62. The number of nitrogens with zero attached hydrogens (tertiary/aromatic N) is 2. The second kappa shape index (κ2) is 5.88. The molecule has 1 rings (SSSR count). The number of hydrogen-bond acceptors (Lipinski definition) is 3. The highest BCUT2D eigenvalue weighted by atomic mass is 16.3. The minimum absolute atomic E-state index is 0.584. The standard InChI is InChI=1S/C11H20N2O2/c1-3-4-10(14)11(15)6-5-9-7-8-12-13(9)2/h7-8,10-11,14-15H,3-6H2,1-2H3. The summed E-state index contributed by atoms with van der Waals surface area (Å²) in [5, 5.41) is 23.3. The van der Waals surface area contributed by atoms with Crippen LogP contribution in [0.2, 0.25) is 0 Å². The average Bonchev–Trinajstić information content (AvgIpc) is 2.61. The van der Waals surface area contributed by atoms with Crippen molar-refractivity contribution in [1.82, 2.24) is 9.78 Å². The van der Waals surface area contributed by atoms with E-state index in [-0.39, 0.29) is 0 Å². The van der Waals surface area contributed by atoms with Crippen molar-refractivity contribution >= 4 is 0 Å². The number of hydrogen-bond donors (Lipinski definition) is 2. The summed E-state index contributed by atoms with van der Waals surface area (Å²) in [5.74, 6) is 0. The van der Waals surface area contributed by atoms with Gasteiger partial charge in [0.2, 0.25) is 0 Å². The molecule has 0 bridgehead atoms. The SMILES string of the molecule is CCCC(O)C(O)CCc1ccnn1C. The predicted octanol–water partition coefficient (Wildman–Crippen LogP) is 0.875. The Kier molecular flexibility index (Phi) is 4.78. The molecule has 1 heterocycles. The summed E-state index contributed by atoms with van der Waals surface area (Å²) in [5.41, 5.74) is 1.08. The van der Waals surface area contributed by atoms with Crippen molar-refractivity contribution in [3.05, 3.63) is 18.0 Å². The zero-order valence-electron chi connectivity index (χ0n) is 9.43. The van der Waals surface area contributed by atoms with Crippen molar-refractivity contribution in [2.45, 2.75) is 44.8 Å². The van der Waals surface area contributed by atoms with Crippen molar-refractivity contribution in [2.75, 3.05) is 0 Å². The van der Waals surface area contributed by atoms with E-state index >= 15 is 0 Å². The van der Waals surface area contributed by atoms with Crippen LogP contribution < -0.4 is 0 Å². The first-order valence-electron chi connectivity index (χ1n) is 5.48. The molecule has 1 aromatic heterocycles. The summed E-state index contributed by atoms with van der Waals surface area (Å²) in [6, 6.07) is 1.93. The maximum absolute atomic E-state index is 9.66. The Morgan fingerprint density at radius 2 is 2.00 bits per heavy atom. The number of aliphatic hydroxyl groups excluding tert-OH is 2. The number of aromatic nitrogens is 2. The number of rotatable bonds is 6. The average molecular weight is 212 g/mol. The van der Waals surface area contributed by atoms with Gasteiger partial charge in [0.25, 0.3) is 0 Å². The molecule has 1 aromatic rings. The third-order valence-electron chi connectivity index (χ3n) is 2.65. The lowest BCUT2D eigenvalue weighted by Gasteiger charge is -2.16. The van der Waals surface area contributed by atoms with Gasteiger partial charge in [-0.15, -0.1) is 0 Å². The lowest BCUT2D eigenvalue weighted by molar-refractivity contribution is 0.00957. The van der Waals surface area contributed by atoms with Gasteiger partial charge in [0, 0.05) is 18.9 Å². The maximum atomic E-state index is 9.66. The monoisotopic (exact) mass is 212 g/mol. The number of aliphatic hydroxyl groups is 2. The van der Waals surface area contributed by atoms with E-state index in [0.717, 1.165) is 18.5 Å². The van der Waals surface area contributed by atoms with Gasteiger partial charge in [-0.25, -0.2) is 0 Å². The van der Waals surface area contributed by atoms with Gasteiger partial charge in [-0.3, -0.25) is 4.68 Å². The first-order valence-corrected chi connectivity index (χ1v) is 5.48. The lowest BCUT2D eigenvalue weighted by atomic mass is 10.0. The molecule has 0 saturated carbocycles. The Balaban J connectivity index is 2.34. The zero-order chi connectivity index (χ0) is 11.3. The molecule has 0 amide bonds. The largest absolute Gasteiger partial charge is 0.390 e. The molecule has 0 fully saturated rings. The molecule has 0 spiro atoms. The van der Waals surface area contributed by atoms with Crippen LogP contribution in [0.1, 0.15) is 31.9 Å². The summed E-state index contributed by atoms with van der Waals surface area (Å²) in [6.45, 7) is 2.00. The highest BCUT2D eigenvalue weighted by Crippen LogP contribution is 2.09. The molecule has 86 valence electrons. The smallest absolute Gasteiger partial charge is 0.0802 e. The molecule has 0 aliphatic heterocycles. The van der Waals surface area contributed by atoms with Gasteiger partial charge in [-0.1, -0.05) is 13.3 Å². The van der Waals surface area contributed by atoms with Gasteiger partial charge in [0.15, 0.2) is 0 Å². The van der Waals surface area contributed by atoms with Gasteiger partial charge in [-0.05, 0) is 25.3 Å². The summed E-state index contributed by atoms with van der Waals surface area (Å²) in [6.07, 6.45) is 3.41. The van der Waals surface area contributed by atoms with Gasteiger partial charge in [0.05, 0.1) is 12.2 Å². The zero-order valence-corrected chi connectivity index (χ0v) is 9.43. The van der Waals surface area contributed by atoms with E-state index in [4.69, 9.17) is 0 Å². The van der Waals surface area contributed by atoms with Crippen LogP contribution in [0.3, 0.4) is 0 Å². The predicted molar refractivity (Wildman–Crippen MR) is 58.5 cm³/mol. The van der Waals surface area contributed by atoms with Crippen molar-refractivity contribution in [3.8, 4) is 0 Å². The van der Waals surface area contributed by atoms with Crippen LogP contribution in [-0.4, -0.2) is 32.2 Å². The van der Waals surface area contributed by atoms with E-state index < -0.39 is 12.2 Å². The summed E-state index contributed by atoms with van der Waals surface area (Å²) >= 11 is 0. The van der Waals surface area contributed by atoms with Crippen molar-refractivity contribution < 1.29 is 10.2 Å². The van der Waals surface area contributed by atoms with Crippen LogP contribution >= 0.6 is 0 Å². The van der Waals surface area contributed by atoms with E-state index in [1.165, 1.54) is 0 Å². The van der Waals surface area contributed by atoms with Crippen LogP contribution in [-0.2, 0) is 13.5 Å². The lowest BCUT2D eigenvalue weighted by Crippen LogP contribution is -2.26. The minimum atomic E-state index is -0.625. The quantitative estimate of drug-likeness (QED) is 0.735. The van der Waals surface area contributed by atoms with Gasteiger partial charge < -0.3 is 10.2 Å². The molecule has 2 N–H and O–H groups in total. The molecule has 2 atom stereocenters. The van der Waals surface area contributed by atoms with E-state index in [2.05, 4.69) is 5.10 Å². The normalized spacial score (nSPS) is 15.2. The van der Waals surface area contributed by atoms with E-state index in [9.17, 15) is 10.2 Å². The summed E-state index contributed by atoms with van der Waals surface area (Å²) in [7, 11) is 1.88. The second-order valence-electron chi connectivity index (χ2n) is 3.91. The molecule has 4 heteroatoms. The van der Waals surface area contributed by atoms with Crippen molar-refractivity contribution in [3.63, 3.8) is 0 Å². The minimum Gasteiger partial charge on any atom is -0.390 e. The molecule has 0 aliphatic rings. The van der Waals surface area contributed by atoms with E-state index in [1.807, 2.05) is 20.0 Å². The fourth-order valence-electron chi connectivity index (χ4n) is 1.62. The van der Waals surface area contributed by atoms with Crippen LogP contribution in [0.15, 0.2) is 12.3 Å². The summed E-state index contributed by atoms with van der Waals surface area (Å²) in [4.78, 5) is 0. The third kappa shape index (κ3) is 3.64. The highest BCUT2D eigenvalue weighted by molar-refractivity contribution is 5.00. The Labute approximate surface area is 90.5 Å². The molecule has 4 nitrogen and oxygen atoms in total. The van der Waals surface area contributed by atoms with Crippen molar-refractivity contribution in [1.29, 1.82) is 0 Å². The fraction of sp³-hybridized carbons (Fsp3) is 0.727. The molecule has 0 aliphatic carbocycles. The Bertz CT molecular complexity index is 286. The van der Waals surface area contributed by atoms with E-state index in [0.29, 0.717) is 12.8 Å². The number of aryl methyl sites for hydroxylation is 2. The molecule has 0 saturated heterocycles. The van der Waals surface area contributed by atoms with Gasteiger partial charge >= 0.3 is 0 Å². The first kappa shape index (κ1) is 12.2. The van der Waals surface area contributed by atoms with Crippen molar-refractivity contribution in [2.24, 2.45) is 7.05 Å². The Morgan fingerprint density at radius 1 is 1.33 bits per heavy atom. The first-order chi connectivity index (χ1) is 7.15. The molecule has 15 heavy (non-hydrogen) atoms. The molecule has 2 unspecified atom stereocenters. The molecular formula is C11H20N2O2. The van der Waals surface area contributed by atoms with Crippen LogP contribution in [0.25, 0.3) is 0 Å². The molecular weight excluding hydrogens is 192 g/mol. The maximum Gasteiger partial charge on any atom is 0.0802 e. The van der Waals surface area contributed by atoms with Gasteiger partial charge in [-0.2, -0.15) is 5.10 Å². The molecule has 0 radical (unpaired) electrons.